The second-order valence-corrected chi connectivity index (χ2v) is 8.67. The lowest BCUT2D eigenvalue weighted by atomic mass is 10.1. The van der Waals surface area contributed by atoms with Crippen LogP contribution in [0.2, 0.25) is 0 Å². The van der Waals surface area contributed by atoms with Crippen molar-refractivity contribution in [2.24, 2.45) is 0 Å². The highest BCUT2D eigenvalue weighted by Crippen LogP contribution is 2.32. The average Bonchev–Trinajstić information content (AvgIpc) is 3.00. The smallest absolute Gasteiger partial charge is 0.268 e. The summed E-state index contributed by atoms with van der Waals surface area (Å²) in [7, 11) is -3.69. The minimum atomic E-state index is -3.69. The van der Waals surface area contributed by atoms with E-state index in [1.807, 2.05) is 19.1 Å². The summed E-state index contributed by atoms with van der Waals surface area (Å²) in [5.74, 6) is 0. The highest BCUT2D eigenvalue weighted by molar-refractivity contribution is 9.10. The fourth-order valence-corrected chi connectivity index (χ4v) is 4.89. The minimum Gasteiger partial charge on any atom is -0.299 e. The van der Waals surface area contributed by atoms with Gasteiger partial charge in [-0.1, -0.05) is 45.8 Å². The number of carbonyl (C=O) groups is 1. The lowest BCUT2D eigenvalue weighted by Gasteiger charge is -2.08. The lowest BCUT2D eigenvalue weighted by molar-refractivity contribution is -0.104. The van der Waals surface area contributed by atoms with Gasteiger partial charge in [0, 0.05) is 16.1 Å². The van der Waals surface area contributed by atoms with Crippen LogP contribution in [0.5, 0.6) is 0 Å². The first kappa shape index (κ1) is 18.6. The van der Waals surface area contributed by atoms with Gasteiger partial charge in [0.15, 0.2) is 0 Å². The van der Waals surface area contributed by atoms with E-state index in [1.165, 1.54) is 10.0 Å². The van der Waals surface area contributed by atoms with E-state index in [4.69, 9.17) is 0 Å². The van der Waals surface area contributed by atoms with Crippen LogP contribution in [0.4, 0.5) is 0 Å². The van der Waals surface area contributed by atoms with Gasteiger partial charge in [-0.15, -0.1) is 0 Å². The maximum absolute atomic E-state index is 13.1. The number of benzene rings is 2. The zero-order chi connectivity index (χ0) is 18.7. The number of aromatic nitrogens is 1. The van der Waals surface area contributed by atoms with Crippen LogP contribution in [0, 0.1) is 6.92 Å². The van der Waals surface area contributed by atoms with Crippen LogP contribution >= 0.6 is 15.9 Å². The number of aryl methyl sites for hydroxylation is 2. The summed E-state index contributed by atoms with van der Waals surface area (Å²) in [6, 6.07) is 12.4. The van der Waals surface area contributed by atoms with E-state index < -0.39 is 10.0 Å². The van der Waals surface area contributed by atoms with Gasteiger partial charge in [0.2, 0.25) is 0 Å². The third-order valence-electron chi connectivity index (χ3n) is 4.20. The Hall–Kier alpha value is -2.18. The van der Waals surface area contributed by atoms with Crippen molar-refractivity contribution in [2.45, 2.75) is 24.7 Å². The van der Waals surface area contributed by atoms with Crippen molar-refractivity contribution < 1.29 is 13.2 Å². The normalized spacial score (nSPS) is 12.1. The van der Waals surface area contributed by atoms with Gasteiger partial charge >= 0.3 is 0 Å². The van der Waals surface area contributed by atoms with Crippen molar-refractivity contribution in [3.05, 3.63) is 76.4 Å². The van der Waals surface area contributed by atoms with Crippen LogP contribution in [0.25, 0.3) is 10.9 Å². The number of hydrogen-bond acceptors (Lipinski definition) is 3. The summed E-state index contributed by atoms with van der Waals surface area (Å²) in [4.78, 5) is 10.7. The molecule has 0 fully saturated rings. The number of rotatable bonds is 6. The Morgan fingerprint density at radius 2 is 1.85 bits per heavy atom. The molecule has 134 valence electrons. The second-order valence-electron chi connectivity index (χ2n) is 6.01. The number of carbonyl (C=O) groups excluding carboxylic acids is 1. The molecule has 26 heavy (non-hydrogen) atoms. The first-order chi connectivity index (χ1) is 12.4. The summed E-state index contributed by atoms with van der Waals surface area (Å²) in [5.41, 5.74) is 2.56. The summed E-state index contributed by atoms with van der Waals surface area (Å²) >= 11 is 3.53. The van der Waals surface area contributed by atoms with E-state index in [0.29, 0.717) is 18.4 Å². The standard InChI is InChI=1S/C20H18BrNO3S/c1-15-9-11-17(12-10-15)26(24,25)22-14-16(6-3-2-4-13-23)20-18(21)7-5-8-19(20)22/h2,4-5,7-14H,3,6H2,1H3/b4-2-. The van der Waals surface area contributed by atoms with Crippen molar-refractivity contribution in [3.8, 4) is 0 Å². The largest absolute Gasteiger partial charge is 0.299 e. The quantitative estimate of drug-likeness (QED) is 0.421. The Morgan fingerprint density at radius 1 is 1.12 bits per heavy atom. The van der Waals surface area contributed by atoms with Gasteiger partial charge in [-0.3, -0.25) is 4.79 Å². The van der Waals surface area contributed by atoms with Gasteiger partial charge in [-0.25, -0.2) is 12.4 Å². The molecule has 0 amide bonds. The fourth-order valence-electron chi connectivity index (χ4n) is 2.89. The molecule has 0 atom stereocenters. The number of allylic oxidation sites excluding steroid dienone is 2. The van der Waals surface area contributed by atoms with Crippen molar-refractivity contribution in [3.63, 3.8) is 0 Å². The summed E-state index contributed by atoms with van der Waals surface area (Å²) < 4.78 is 28.5. The van der Waals surface area contributed by atoms with Gasteiger partial charge in [-0.05, 0) is 55.7 Å². The summed E-state index contributed by atoms with van der Waals surface area (Å²) in [5, 5.41) is 0.877. The molecular formula is C20H18BrNO3S. The zero-order valence-corrected chi connectivity index (χ0v) is 16.6. The number of nitrogens with zero attached hydrogens (tertiary/aromatic N) is 1. The molecular weight excluding hydrogens is 414 g/mol. The molecule has 0 aliphatic carbocycles. The molecule has 3 aromatic rings. The van der Waals surface area contributed by atoms with E-state index >= 15 is 0 Å². The first-order valence-electron chi connectivity index (χ1n) is 8.16. The Bertz CT molecular complexity index is 1080. The van der Waals surface area contributed by atoms with Gasteiger partial charge in [0.1, 0.15) is 6.29 Å². The molecule has 0 N–H and O–H groups in total. The molecule has 4 nitrogen and oxygen atoms in total. The fraction of sp³-hybridized carbons (Fsp3) is 0.150. The average molecular weight is 432 g/mol. The first-order valence-corrected chi connectivity index (χ1v) is 10.4. The second kappa shape index (κ2) is 7.60. The molecule has 0 aliphatic rings. The zero-order valence-electron chi connectivity index (χ0n) is 14.2. The molecule has 0 radical (unpaired) electrons. The van der Waals surface area contributed by atoms with Crippen molar-refractivity contribution in [1.82, 2.24) is 3.97 Å². The summed E-state index contributed by atoms with van der Waals surface area (Å²) in [6.45, 7) is 1.92. The van der Waals surface area contributed by atoms with Crippen LogP contribution < -0.4 is 0 Å². The number of hydrogen-bond donors (Lipinski definition) is 0. The number of halogens is 1. The molecule has 0 saturated carbocycles. The van der Waals surface area contributed by atoms with Gasteiger partial charge in [0.25, 0.3) is 10.0 Å². The summed E-state index contributed by atoms with van der Waals surface area (Å²) in [6.07, 6.45) is 6.95. The molecule has 0 saturated heterocycles. The number of fused-ring (bicyclic) bond motifs is 1. The van der Waals surface area contributed by atoms with E-state index in [1.54, 1.807) is 42.6 Å². The van der Waals surface area contributed by atoms with E-state index in [0.717, 1.165) is 27.3 Å². The predicted molar refractivity (Wildman–Crippen MR) is 107 cm³/mol. The van der Waals surface area contributed by atoms with E-state index in [2.05, 4.69) is 15.9 Å². The Labute approximate surface area is 161 Å². The van der Waals surface area contributed by atoms with Gasteiger partial charge in [-0.2, -0.15) is 0 Å². The van der Waals surface area contributed by atoms with Crippen molar-refractivity contribution in [2.75, 3.05) is 0 Å². The van der Waals surface area contributed by atoms with Gasteiger partial charge in [0.05, 0.1) is 10.4 Å². The van der Waals surface area contributed by atoms with Crippen LogP contribution in [0.3, 0.4) is 0 Å². The minimum absolute atomic E-state index is 0.257. The molecule has 6 heteroatoms. The maximum atomic E-state index is 13.1. The topological polar surface area (TPSA) is 56.1 Å². The number of aldehydes is 1. The molecule has 0 bridgehead atoms. The Morgan fingerprint density at radius 3 is 2.54 bits per heavy atom. The third kappa shape index (κ3) is 3.52. The Balaban J connectivity index is 2.14. The third-order valence-corrected chi connectivity index (χ3v) is 6.54. The molecule has 2 aromatic carbocycles. The molecule has 1 aromatic heterocycles. The lowest BCUT2D eigenvalue weighted by Crippen LogP contribution is -2.11. The SMILES string of the molecule is Cc1ccc(S(=O)(=O)n2cc(CC/C=C\C=O)c3c(Br)cccc32)cc1. The highest BCUT2D eigenvalue weighted by atomic mass is 79.9. The Kier molecular flexibility index (Phi) is 5.44. The molecule has 0 aliphatic heterocycles. The molecule has 3 rings (SSSR count). The van der Waals surface area contributed by atoms with Gasteiger partial charge < -0.3 is 0 Å². The van der Waals surface area contributed by atoms with Crippen LogP contribution in [-0.4, -0.2) is 18.7 Å². The van der Waals surface area contributed by atoms with E-state index in [-0.39, 0.29) is 4.90 Å². The molecule has 0 spiro atoms. The molecule has 1 heterocycles. The van der Waals surface area contributed by atoms with Crippen molar-refractivity contribution >= 4 is 43.1 Å². The van der Waals surface area contributed by atoms with Crippen LogP contribution in [0.15, 0.2) is 70.2 Å². The molecule has 0 unspecified atom stereocenters. The van der Waals surface area contributed by atoms with Crippen LogP contribution in [0.1, 0.15) is 17.5 Å². The van der Waals surface area contributed by atoms with Crippen molar-refractivity contribution in [1.29, 1.82) is 0 Å². The predicted octanol–water partition coefficient (Wildman–Crippen LogP) is 4.64. The maximum Gasteiger partial charge on any atom is 0.268 e. The monoisotopic (exact) mass is 431 g/mol. The van der Waals surface area contributed by atoms with E-state index in [9.17, 15) is 13.2 Å². The van der Waals surface area contributed by atoms with Crippen LogP contribution in [-0.2, 0) is 21.2 Å². The highest BCUT2D eigenvalue weighted by Gasteiger charge is 2.21.